The maximum absolute atomic E-state index is 12.1. The molecule has 2 N–H and O–H groups in total. The van der Waals surface area contributed by atoms with Gasteiger partial charge in [0.1, 0.15) is 0 Å². The Labute approximate surface area is 103 Å². The van der Waals surface area contributed by atoms with Gasteiger partial charge in [-0.25, -0.2) is 0 Å². The summed E-state index contributed by atoms with van der Waals surface area (Å²) in [7, 11) is 0. The lowest BCUT2D eigenvalue weighted by atomic mass is 9.80. The van der Waals surface area contributed by atoms with Gasteiger partial charge < -0.3 is 5.11 Å². The Hall–Kier alpha value is -0.900. The molecule has 1 fully saturated rings. The van der Waals surface area contributed by atoms with Gasteiger partial charge in [-0.2, -0.15) is 0 Å². The standard InChI is InChI=1S/C13H23NO3/c1-9(2)13(17)12(14-8-11(15)16)10-6-4-3-5-7-10/h9-10,12,14H,3-8H2,1-2H3,(H,15,16). The molecule has 0 bridgehead atoms. The lowest BCUT2D eigenvalue weighted by Gasteiger charge is -2.30. The zero-order valence-electron chi connectivity index (χ0n) is 10.7. The molecule has 98 valence electrons. The highest BCUT2D eigenvalue weighted by atomic mass is 16.4. The summed E-state index contributed by atoms with van der Waals surface area (Å²) < 4.78 is 0. The van der Waals surface area contributed by atoms with E-state index < -0.39 is 5.97 Å². The number of carboxylic acid groups (broad SMARTS) is 1. The Kier molecular flexibility index (Phi) is 5.62. The van der Waals surface area contributed by atoms with Crippen molar-refractivity contribution in [3.63, 3.8) is 0 Å². The molecular formula is C13H23NO3. The highest BCUT2D eigenvalue weighted by molar-refractivity contribution is 5.86. The summed E-state index contributed by atoms with van der Waals surface area (Å²) in [4.78, 5) is 22.7. The van der Waals surface area contributed by atoms with Crippen molar-refractivity contribution in [3.8, 4) is 0 Å². The average molecular weight is 241 g/mol. The van der Waals surface area contributed by atoms with E-state index in [9.17, 15) is 9.59 Å². The number of carboxylic acids is 1. The third-order valence-corrected chi connectivity index (χ3v) is 3.47. The topological polar surface area (TPSA) is 66.4 Å². The molecule has 0 aromatic rings. The number of Topliss-reactive ketones (excluding diaryl/α,β-unsaturated/α-hetero) is 1. The lowest BCUT2D eigenvalue weighted by molar-refractivity contribution is -0.136. The molecule has 0 heterocycles. The van der Waals surface area contributed by atoms with Gasteiger partial charge in [0, 0.05) is 5.92 Å². The minimum Gasteiger partial charge on any atom is -0.480 e. The lowest BCUT2D eigenvalue weighted by Crippen LogP contribution is -2.47. The second-order valence-corrected chi connectivity index (χ2v) is 5.21. The third kappa shape index (κ3) is 4.46. The van der Waals surface area contributed by atoms with Crippen molar-refractivity contribution in [3.05, 3.63) is 0 Å². The van der Waals surface area contributed by atoms with Gasteiger partial charge in [0.05, 0.1) is 12.6 Å². The van der Waals surface area contributed by atoms with Crippen molar-refractivity contribution in [2.24, 2.45) is 11.8 Å². The monoisotopic (exact) mass is 241 g/mol. The number of rotatable bonds is 6. The predicted molar refractivity (Wildman–Crippen MR) is 65.8 cm³/mol. The Morgan fingerprint density at radius 2 is 1.82 bits per heavy atom. The first-order chi connectivity index (χ1) is 8.02. The Morgan fingerprint density at radius 1 is 1.24 bits per heavy atom. The second kappa shape index (κ2) is 6.74. The molecule has 1 rings (SSSR count). The minimum atomic E-state index is -0.901. The van der Waals surface area contributed by atoms with Crippen LogP contribution in [0.15, 0.2) is 0 Å². The summed E-state index contributed by atoms with van der Waals surface area (Å²) >= 11 is 0. The quantitative estimate of drug-likeness (QED) is 0.744. The molecule has 0 aromatic heterocycles. The zero-order chi connectivity index (χ0) is 12.8. The highest BCUT2D eigenvalue weighted by Crippen LogP contribution is 2.27. The molecule has 0 aromatic carbocycles. The van der Waals surface area contributed by atoms with Crippen LogP contribution in [0, 0.1) is 11.8 Å². The van der Waals surface area contributed by atoms with Crippen molar-refractivity contribution in [1.82, 2.24) is 5.32 Å². The smallest absolute Gasteiger partial charge is 0.317 e. The van der Waals surface area contributed by atoms with Crippen molar-refractivity contribution >= 4 is 11.8 Å². The van der Waals surface area contributed by atoms with Crippen LogP contribution in [-0.4, -0.2) is 29.4 Å². The van der Waals surface area contributed by atoms with E-state index in [1.165, 1.54) is 6.42 Å². The van der Waals surface area contributed by atoms with E-state index in [1.807, 2.05) is 13.8 Å². The van der Waals surface area contributed by atoms with Crippen LogP contribution >= 0.6 is 0 Å². The van der Waals surface area contributed by atoms with E-state index in [0.29, 0.717) is 5.92 Å². The summed E-state index contributed by atoms with van der Waals surface area (Å²) in [6, 6.07) is -0.272. The average Bonchev–Trinajstić information content (AvgIpc) is 2.30. The van der Waals surface area contributed by atoms with Crippen LogP contribution in [0.2, 0.25) is 0 Å². The number of carbonyl (C=O) groups is 2. The molecule has 1 aliphatic carbocycles. The number of carbonyl (C=O) groups excluding carboxylic acids is 1. The fourth-order valence-electron chi connectivity index (χ4n) is 2.52. The van der Waals surface area contributed by atoms with Crippen LogP contribution in [0.25, 0.3) is 0 Å². The van der Waals surface area contributed by atoms with E-state index in [4.69, 9.17) is 5.11 Å². The van der Waals surface area contributed by atoms with Crippen LogP contribution in [0.3, 0.4) is 0 Å². The van der Waals surface area contributed by atoms with Crippen LogP contribution < -0.4 is 5.32 Å². The Balaban J connectivity index is 2.62. The molecule has 0 spiro atoms. The second-order valence-electron chi connectivity index (χ2n) is 5.21. The molecule has 1 aliphatic rings. The van der Waals surface area contributed by atoms with Gasteiger partial charge in [0.15, 0.2) is 5.78 Å². The number of nitrogens with one attached hydrogen (secondary N) is 1. The van der Waals surface area contributed by atoms with Gasteiger partial charge in [0.25, 0.3) is 0 Å². The van der Waals surface area contributed by atoms with Gasteiger partial charge in [0.2, 0.25) is 0 Å². The first kappa shape index (κ1) is 14.2. The van der Waals surface area contributed by atoms with Gasteiger partial charge in [-0.15, -0.1) is 0 Å². The molecule has 17 heavy (non-hydrogen) atoms. The maximum atomic E-state index is 12.1. The highest BCUT2D eigenvalue weighted by Gasteiger charge is 2.30. The minimum absolute atomic E-state index is 0.0387. The molecule has 0 saturated heterocycles. The van der Waals surface area contributed by atoms with Crippen molar-refractivity contribution in [2.45, 2.75) is 52.0 Å². The van der Waals surface area contributed by atoms with E-state index in [-0.39, 0.29) is 24.3 Å². The molecule has 0 amide bonds. The molecular weight excluding hydrogens is 218 g/mol. The Morgan fingerprint density at radius 3 is 2.29 bits per heavy atom. The maximum Gasteiger partial charge on any atom is 0.317 e. The zero-order valence-corrected chi connectivity index (χ0v) is 10.7. The summed E-state index contributed by atoms with van der Waals surface area (Å²) in [5, 5.41) is 11.6. The van der Waals surface area contributed by atoms with E-state index >= 15 is 0 Å². The van der Waals surface area contributed by atoms with E-state index in [1.54, 1.807) is 0 Å². The fraction of sp³-hybridized carbons (Fsp3) is 0.846. The molecule has 0 radical (unpaired) electrons. The summed E-state index contributed by atoms with van der Waals surface area (Å²) in [6.07, 6.45) is 5.62. The number of hydrogen-bond acceptors (Lipinski definition) is 3. The van der Waals surface area contributed by atoms with Crippen LogP contribution in [0.4, 0.5) is 0 Å². The normalized spacial score (nSPS) is 19.2. The van der Waals surface area contributed by atoms with Gasteiger partial charge in [-0.3, -0.25) is 14.9 Å². The number of hydrogen-bond donors (Lipinski definition) is 2. The SMILES string of the molecule is CC(C)C(=O)C(NCC(=O)O)C1CCCCC1. The summed E-state index contributed by atoms with van der Waals surface area (Å²) in [5.41, 5.74) is 0. The first-order valence-corrected chi connectivity index (χ1v) is 6.51. The largest absolute Gasteiger partial charge is 0.480 e. The van der Waals surface area contributed by atoms with Gasteiger partial charge >= 0.3 is 5.97 Å². The van der Waals surface area contributed by atoms with Gasteiger partial charge in [-0.05, 0) is 18.8 Å². The first-order valence-electron chi connectivity index (χ1n) is 6.51. The number of aliphatic carboxylic acids is 1. The van der Waals surface area contributed by atoms with Crippen molar-refractivity contribution in [1.29, 1.82) is 0 Å². The van der Waals surface area contributed by atoms with Gasteiger partial charge in [-0.1, -0.05) is 33.1 Å². The molecule has 1 unspecified atom stereocenters. The van der Waals surface area contributed by atoms with Crippen molar-refractivity contribution in [2.75, 3.05) is 6.54 Å². The molecule has 4 nitrogen and oxygen atoms in total. The predicted octanol–water partition coefficient (Wildman–Crippen LogP) is 1.83. The summed E-state index contributed by atoms with van der Waals surface area (Å²) in [6.45, 7) is 3.63. The number of ketones is 1. The van der Waals surface area contributed by atoms with Crippen LogP contribution in [0.5, 0.6) is 0 Å². The van der Waals surface area contributed by atoms with Crippen molar-refractivity contribution < 1.29 is 14.7 Å². The fourth-order valence-corrected chi connectivity index (χ4v) is 2.52. The summed E-state index contributed by atoms with van der Waals surface area (Å²) in [5.74, 6) is -0.471. The third-order valence-electron chi connectivity index (χ3n) is 3.47. The van der Waals surface area contributed by atoms with Crippen LogP contribution in [0.1, 0.15) is 46.0 Å². The molecule has 4 heteroatoms. The van der Waals surface area contributed by atoms with Crippen LogP contribution in [-0.2, 0) is 9.59 Å². The molecule has 1 saturated carbocycles. The molecule has 0 aliphatic heterocycles. The Bertz CT molecular complexity index is 270. The van der Waals surface area contributed by atoms with E-state index in [0.717, 1.165) is 25.7 Å². The van der Waals surface area contributed by atoms with E-state index in [2.05, 4.69) is 5.32 Å². The molecule has 1 atom stereocenters.